The second kappa shape index (κ2) is 5.43. The monoisotopic (exact) mass is 284 g/mol. The Morgan fingerprint density at radius 1 is 1.44 bits per heavy atom. The van der Waals surface area contributed by atoms with Gasteiger partial charge in [0.1, 0.15) is 11.6 Å². The van der Waals surface area contributed by atoms with E-state index in [1.165, 1.54) is 12.1 Å². The van der Waals surface area contributed by atoms with Gasteiger partial charge in [-0.15, -0.1) is 0 Å². The largest absolute Gasteiger partial charge is 0.486 e. The van der Waals surface area contributed by atoms with Crippen molar-refractivity contribution in [1.82, 2.24) is 0 Å². The van der Waals surface area contributed by atoms with Crippen molar-refractivity contribution < 1.29 is 22.3 Å². The fourth-order valence-corrected chi connectivity index (χ4v) is 1.24. The Labute approximate surface area is 105 Å². The Kier molecular flexibility index (Phi) is 4.39. The van der Waals surface area contributed by atoms with Crippen LogP contribution < -0.4 is 10.5 Å². The van der Waals surface area contributed by atoms with E-state index in [1.807, 2.05) is 0 Å². The van der Waals surface area contributed by atoms with E-state index in [4.69, 9.17) is 22.7 Å². The van der Waals surface area contributed by atoms with Crippen LogP contribution >= 0.6 is 11.6 Å². The molecule has 0 bridgehead atoms. The van der Waals surface area contributed by atoms with Crippen molar-refractivity contribution in [2.45, 2.75) is 12.3 Å². The molecule has 0 saturated carbocycles. The number of ether oxygens (including phenoxy) is 1. The van der Waals surface area contributed by atoms with Gasteiger partial charge in [-0.25, -0.2) is 8.78 Å². The molecule has 0 amide bonds. The number of hydrogen-bond acceptors (Lipinski definition) is 2. The van der Waals surface area contributed by atoms with Gasteiger partial charge in [0, 0.05) is 5.02 Å². The molecule has 0 heterocycles. The molecule has 0 aromatic heterocycles. The van der Waals surface area contributed by atoms with Gasteiger partial charge < -0.3 is 10.5 Å². The van der Waals surface area contributed by atoms with Crippen molar-refractivity contribution in [2.24, 2.45) is 5.73 Å². The highest BCUT2D eigenvalue weighted by Gasteiger charge is 2.41. The number of halogens is 5. The van der Waals surface area contributed by atoms with E-state index in [0.717, 1.165) is 6.07 Å². The first-order valence-electron chi connectivity index (χ1n) is 4.67. The molecular formula is C10H9ClF4N2O. The fraction of sp³-hybridized carbons (Fsp3) is 0.300. The van der Waals surface area contributed by atoms with Crippen LogP contribution in [0, 0.1) is 5.41 Å². The van der Waals surface area contributed by atoms with Crippen LogP contribution in [0.2, 0.25) is 5.02 Å². The normalized spacial score (nSPS) is 11.7. The first-order valence-corrected chi connectivity index (χ1v) is 5.04. The second-order valence-electron chi connectivity index (χ2n) is 3.40. The zero-order valence-corrected chi connectivity index (χ0v) is 9.65. The quantitative estimate of drug-likeness (QED) is 0.496. The van der Waals surface area contributed by atoms with Crippen LogP contribution in [0.3, 0.4) is 0 Å². The molecule has 0 radical (unpaired) electrons. The number of nitrogen functional groups attached to an aromatic ring is 1. The Morgan fingerprint density at radius 2 is 2.06 bits per heavy atom. The van der Waals surface area contributed by atoms with E-state index >= 15 is 0 Å². The van der Waals surface area contributed by atoms with Gasteiger partial charge in [-0.05, 0) is 18.2 Å². The molecule has 0 aliphatic rings. The van der Waals surface area contributed by atoms with Gasteiger partial charge in [0.25, 0.3) is 0 Å². The summed E-state index contributed by atoms with van der Waals surface area (Å²) in [6.45, 7) is -1.52. The summed E-state index contributed by atoms with van der Waals surface area (Å²) in [7, 11) is 0. The van der Waals surface area contributed by atoms with Crippen molar-refractivity contribution in [3.8, 4) is 5.75 Å². The standard InChI is InChI=1S/C10H9ClF4N2O/c11-5-1-2-6(8(16)17)7(3-5)18-4-10(14,15)9(12)13/h1-3,9H,4H2,(H3,16,17). The Bertz CT molecular complexity index is 454. The number of nitrogens with two attached hydrogens (primary N) is 1. The third-order valence-corrected chi connectivity index (χ3v) is 2.21. The molecule has 8 heteroatoms. The molecule has 0 fully saturated rings. The van der Waals surface area contributed by atoms with Gasteiger partial charge in [-0.3, -0.25) is 5.41 Å². The summed E-state index contributed by atoms with van der Waals surface area (Å²) in [6.07, 6.45) is -3.84. The molecule has 0 unspecified atom stereocenters. The van der Waals surface area contributed by atoms with E-state index < -0.39 is 24.8 Å². The molecule has 1 aromatic rings. The summed E-state index contributed by atoms with van der Waals surface area (Å²) in [5.41, 5.74) is 5.19. The summed E-state index contributed by atoms with van der Waals surface area (Å²) in [5.74, 6) is -4.96. The van der Waals surface area contributed by atoms with Gasteiger partial charge in [-0.1, -0.05) is 11.6 Å². The predicted molar refractivity (Wildman–Crippen MR) is 58.9 cm³/mol. The van der Waals surface area contributed by atoms with Crippen molar-refractivity contribution >= 4 is 17.4 Å². The molecule has 1 aromatic carbocycles. The Balaban J connectivity index is 2.90. The summed E-state index contributed by atoms with van der Waals surface area (Å²) in [5, 5.41) is 7.33. The van der Waals surface area contributed by atoms with E-state index in [9.17, 15) is 17.6 Å². The summed E-state index contributed by atoms with van der Waals surface area (Å²) in [4.78, 5) is 0. The first-order chi connectivity index (χ1) is 8.24. The van der Waals surface area contributed by atoms with Gasteiger partial charge >= 0.3 is 12.3 Å². The van der Waals surface area contributed by atoms with Gasteiger partial charge in [-0.2, -0.15) is 8.78 Å². The number of alkyl halides is 4. The lowest BCUT2D eigenvalue weighted by Gasteiger charge is -2.17. The van der Waals surface area contributed by atoms with Gasteiger partial charge in [0.15, 0.2) is 6.61 Å². The minimum Gasteiger partial charge on any atom is -0.486 e. The highest BCUT2D eigenvalue weighted by molar-refractivity contribution is 6.30. The summed E-state index contributed by atoms with van der Waals surface area (Å²) in [6, 6.07) is 3.77. The van der Waals surface area contributed by atoms with Crippen LogP contribution in [-0.2, 0) is 0 Å². The summed E-state index contributed by atoms with van der Waals surface area (Å²) < 4.78 is 53.8. The number of rotatable bonds is 5. The SMILES string of the molecule is N=C(N)c1ccc(Cl)cc1OCC(F)(F)C(F)F. The first kappa shape index (κ1) is 14.6. The second-order valence-corrected chi connectivity index (χ2v) is 3.84. The fourth-order valence-electron chi connectivity index (χ4n) is 1.08. The lowest BCUT2D eigenvalue weighted by Crippen LogP contribution is -2.34. The van der Waals surface area contributed by atoms with Crippen molar-refractivity contribution in [2.75, 3.05) is 6.61 Å². The zero-order valence-electron chi connectivity index (χ0n) is 8.89. The Hall–Kier alpha value is -1.50. The number of amidine groups is 1. The molecule has 0 atom stereocenters. The average Bonchev–Trinajstić information content (AvgIpc) is 2.26. The van der Waals surface area contributed by atoms with Crippen LogP contribution in [-0.4, -0.2) is 24.8 Å². The van der Waals surface area contributed by atoms with Crippen LogP contribution in [0.5, 0.6) is 5.75 Å². The Morgan fingerprint density at radius 3 is 2.56 bits per heavy atom. The zero-order chi connectivity index (χ0) is 13.9. The average molecular weight is 285 g/mol. The molecule has 0 saturated heterocycles. The lowest BCUT2D eigenvalue weighted by molar-refractivity contribution is -0.148. The maximum absolute atomic E-state index is 12.7. The molecule has 100 valence electrons. The number of nitrogens with one attached hydrogen (secondary N) is 1. The maximum Gasteiger partial charge on any atom is 0.340 e. The van der Waals surface area contributed by atoms with Crippen LogP contribution in [0.25, 0.3) is 0 Å². The third-order valence-electron chi connectivity index (χ3n) is 1.97. The van der Waals surface area contributed by atoms with Crippen molar-refractivity contribution in [1.29, 1.82) is 5.41 Å². The van der Waals surface area contributed by atoms with Crippen LogP contribution in [0.4, 0.5) is 17.6 Å². The highest BCUT2D eigenvalue weighted by Crippen LogP contribution is 2.27. The smallest absolute Gasteiger partial charge is 0.340 e. The molecule has 0 spiro atoms. The molecule has 3 nitrogen and oxygen atoms in total. The van der Waals surface area contributed by atoms with Gasteiger partial charge in [0.2, 0.25) is 0 Å². The predicted octanol–water partition coefficient (Wildman–Crippen LogP) is 2.90. The van der Waals surface area contributed by atoms with Crippen molar-refractivity contribution in [3.63, 3.8) is 0 Å². The van der Waals surface area contributed by atoms with E-state index in [-0.39, 0.29) is 16.3 Å². The lowest BCUT2D eigenvalue weighted by atomic mass is 10.2. The molecular weight excluding hydrogens is 276 g/mol. The van der Waals surface area contributed by atoms with E-state index in [0.29, 0.717) is 0 Å². The molecule has 0 aliphatic heterocycles. The molecule has 3 N–H and O–H groups in total. The molecule has 18 heavy (non-hydrogen) atoms. The van der Waals surface area contributed by atoms with Crippen LogP contribution in [0.1, 0.15) is 5.56 Å². The maximum atomic E-state index is 12.7. The third kappa shape index (κ3) is 3.49. The number of benzene rings is 1. The number of hydrogen-bond donors (Lipinski definition) is 2. The summed E-state index contributed by atoms with van der Waals surface area (Å²) >= 11 is 5.61. The molecule has 1 rings (SSSR count). The van der Waals surface area contributed by atoms with Crippen molar-refractivity contribution in [3.05, 3.63) is 28.8 Å². The topological polar surface area (TPSA) is 59.1 Å². The minimum absolute atomic E-state index is 0.00414. The van der Waals surface area contributed by atoms with E-state index in [2.05, 4.69) is 4.74 Å². The van der Waals surface area contributed by atoms with Crippen LogP contribution in [0.15, 0.2) is 18.2 Å². The molecule has 0 aliphatic carbocycles. The highest BCUT2D eigenvalue weighted by atomic mass is 35.5. The minimum atomic E-state index is -4.28. The van der Waals surface area contributed by atoms with E-state index in [1.54, 1.807) is 0 Å². The van der Waals surface area contributed by atoms with Gasteiger partial charge in [0.05, 0.1) is 5.56 Å².